The molecule has 0 aliphatic carbocycles. The Morgan fingerprint density at radius 2 is 1.77 bits per heavy atom. The van der Waals surface area contributed by atoms with Crippen LogP contribution in [-0.4, -0.2) is 60.3 Å². The zero-order valence-electron chi connectivity index (χ0n) is 18.8. The Bertz CT molecular complexity index is 1230. The van der Waals surface area contributed by atoms with Gasteiger partial charge < -0.3 is 14.2 Å². The van der Waals surface area contributed by atoms with Crippen LogP contribution in [0.4, 0.5) is 0 Å². The molecule has 0 spiro atoms. The molecule has 9 nitrogen and oxygen atoms in total. The van der Waals surface area contributed by atoms with Gasteiger partial charge in [0.2, 0.25) is 5.78 Å². The van der Waals surface area contributed by atoms with E-state index in [4.69, 9.17) is 9.72 Å². The number of aromatic nitrogens is 5. The van der Waals surface area contributed by atoms with Crippen LogP contribution in [0.3, 0.4) is 0 Å². The van der Waals surface area contributed by atoms with Gasteiger partial charge >= 0.3 is 5.69 Å². The van der Waals surface area contributed by atoms with Crippen LogP contribution in [-0.2, 0) is 24.9 Å². The van der Waals surface area contributed by atoms with Crippen molar-refractivity contribution in [3.8, 4) is 0 Å². The number of rotatable bonds is 5. The van der Waals surface area contributed by atoms with Gasteiger partial charge in [-0.25, -0.2) is 4.79 Å². The highest BCUT2D eigenvalue weighted by Crippen LogP contribution is 2.23. The lowest BCUT2D eigenvalue weighted by molar-refractivity contribution is 0.0974. The zero-order chi connectivity index (χ0) is 21.7. The summed E-state index contributed by atoms with van der Waals surface area (Å²) in [5.74, 6) is 0.710. The molecule has 2 fully saturated rings. The monoisotopic (exact) mass is 428 g/mol. The first-order valence-electron chi connectivity index (χ1n) is 11.5. The predicted molar refractivity (Wildman–Crippen MR) is 119 cm³/mol. The van der Waals surface area contributed by atoms with Gasteiger partial charge in [0.25, 0.3) is 5.56 Å². The van der Waals surface area contributed by atoms with E-state index in [2.05, 4.69) is 16.4 Å². The second-order valence-corrected chi connectivity index (χ2v) is 9.04. The molecule has 0 N–H and O–H groups in total. The Hall–Kier alpha value is -2.39. The summed E-state index contributed by atoms with van der Waals surface area (Å²) >= 11 is 0. The lowest BCUT2D eigenvalue weighted by Gasteiger charge is -2.26. The molecular weight excluding hydrogens is 396 g/mol. The third-order valence-electron chi connectivity index (χ3n) is 7.13. The van der Waals surface area contributed by atoms with E-state index in [1.165, 1.54) is 28.4 Å². The quantitative estimate of drug-likeness (QED) is 0.614. The summed E-state index contributed by atoms with van der Waals surface area (Å²) < 4.78 is 12.8. The van der Waals surface area contributed by atoms with Crippen LogP contribution >= 0.6 is 0 Å². The van der Waals surface area contributed by atoms with E-state index in [-0.39, 0.29) is 17.4 Å². The number of nitrogens with zero attached hydrogens (tertiary/aromatic N) is 6. The Labute approximate surface area is 180 Å². The molecule has 5 rings (SSSR count). The van der Waals surface area contributed by atoms with Crippen molar-refractivity contribution in [3.63, 3.8) is 0 Å². The van der Waals surface area contributed by atoms with E-state index in [1.807, 2.05) is 11.3 Å². The highest BCUT2D eigenvalue weighted by molar-refractivity contribution is 5.76. The van der Waals surface area contributed by atoms with Crippen molar-refractivity contribution in [2.75, 3.05) is 26.2 Å². The molecule has 0 radical (unpaired) electrons. The lowest BCUT2D eigenvalue weighted by Crippen LogP contribution is -2.43. The molecular formula is C22H32N6O3. The Balaban J connectivity index is 1.61. The van der Waals surface area contributed by atoms with Gasteiger partial charge in [-0.05, 0) is 52.6 Å². The fourth-order valence-corrected chi connectivity index (χ4v) is 5.15. The maximum Gasteiger partial charge on any atom is 0.332 e. The number of hydrogen-bond donors (Lipinski definition) is 0. The molecule has 0 unspecified atom stereocenters. The summed E-state index contributed by atoms with van der Waals surface area (Å²) in [7, 11) is 1.71. The number of aryl methyl sites for hydroxylation is 2. The number of fused-ring (bicyclic) bond motifs is 3. The molecule has 3 aromatic heterocycles. The standard InChI is InChI=1S/C22H32N6O3/c1-15-16(2)28-18-19(23-21(28)27(15)14-17-8-7-13-31-17)24(3)22(30)26(20(18)29)12-11-25-9-5-4-6-10-25/h17H,4-14H2,1-3H3/t17-/m1/s1. The molecule has 31 heavy (non-hydrogen) atoms. The highest BCUT2D eigenvalue weighted by atomic mass is 16.5. The van der Waals surface area contributed by atoms with Crippen LogP contribution in [0.2, 0.25) is 0 Å². The molecule has 5 heterocycles. The summed E-state index contributed by atoms with van der Waals surface area (Å²) in [5.41, 5.74) is 2.45. The largest absolute Gasteiger partial charge is 0.376 e. The maximum absolute atomic E-state index is 13.5. The van der Waals surface area contributed by atoms with Gasteiger partial charge in [0, 0.05) is 38.1 Å². The van der Waals surface area contributed by atoms with Crippen molar-refractivity contribution < 1.29 is 4.74 Å². The maximum atomic E-state index is 13.5. The first-order chi connectivity index (χ1) is 15.0. The van der Waals surface area contributed by atoms with Gasteiger partial charge in [0.15, 0.2) is 11.2 Å². The number of imidazole rings is 2. The van der Waals surface area contributed by atoms with Crippen molar-refractivity contribution in [2.45, 2.75) is 65.1 Å². The van der Waals surface area contributed by atoms with Crippen LogP contribution < -0.4 is 11.2 Å². The average Bonchev–Trinajstić information content (AvgIpc) is 3.48. The van der Waals surface area contributed by atoms with Crippen LogP contribution in [0.1, 0.15) is 43.5 Å². The summed E-state index contributed by atoms with van der Waals surface area (Å²) in [5, 5.41) is 0. The minimum atomic E-state index is -0.296. The second kappa shape index (κ2) is 7.94. The van der Waals surface area contributed by atoms with Gasteiger partial charge in [-0.15, -0.1) is 0 Å². The van der Waals surface area contributed by atoms with Crippen LogP contribution in [0.5, 0.6) is 0 Å². The fraction of sp³-hybridized carbons (Fsp3) is 0.682. The first kappa shape index (κ1) is 20.5. The summed E-state index contributed by atoms with van der Waals surface area (Å²) in [6.07, 6.45) is 5.91. The molecule has 0 aromatic carbocycles. The number of ether oxygens (including phenoxy) is 1. The summed E-state index contributed by atoms with van der Waals surface area (Å²) in [6, 6.07) is 0. The topological polar surface area (TPSA) is 78.7 Å². The van der Waals surface area contributed by atoms with Crippen molar-refractivity contribution >= 4 is 16.9 Å². The van der Waals surface area contributed by atoms with Crippen molar-refractivity contribution in [2.24, 2.45) is 7.05 Å². The average molecular weight is 429 g/mol. The first-order valence-corrected chi connectivity index (χ1v) is 11.5. The summed E-state index contributed by atoms with van der Waals surface area (Å²) in [6.45, 7) is 8.79. The van der Waals surface area contributed by atoms with E-state index in [0.717, 1.165) is 50.5 Å². The molecule has 2 aliphatic heterocycles. The van der Waals surface area contributed by atoms with Gasteiger partial charge in [-0.3, -0.25) is 18.3 Å². The van der Waals surface area contributed by atoms with Crippen molar-refractivity contribution in [1.29, 1.82) is 0 Å². The van der Waals surface area contributed by atoms with Gasteiger partial charge in [0.1, 0.15) is 0 Å². The number of likely N-dealkylation sites (tertiary alicyclic amines) is 1. The highest BCUT2D eigenvalue weighted by Gasteiger charge is 2.25. The van der Waals surface area contributed by atoms with E-state index < -0.39 is 0 Å². The molecule has 168 valence electrons. The van der Waals surface area contributed by atoms with Gasteiger partial charge in [0.05, 0.1) is 12.6 Å². The number of hydrogen-bond acceptors (Lipinski definition) is 5. The van der Waals surface area contributed by atoms with E-state index in [0.29, 0.717) is 30.0 Å². The second-order valence-electron chi connectivity index (χ2n) is 9.04. The number of piperidine rings is 1. The predicted octanol–water partition coefficient (Wildman–Crippen LogP) is 1.43. The molecule has 0 saturated carbocycles. The van der Waals surface area contributed by atoms with Crippen LogP contribution in [0.15, 0.2) is 9.59 Å². The van der Waals surface area contributed by atoms with E-state index >= 15 is 0 Å². The smallest absolute Gasteiger partial charge is 0.332 e. The van der Waals surface area contributed by atoms with E-state index in [1.54, 1.807) is 7.05 Å². The van der Waals surface area contributed by atoms with E-state index in [9.17, 15) is 9.59 Å². The Kier molecular flexibility index (Phi) is 5.26. The molecule has 0 amide bonds. The molecule has 3 aromatic rings. The van der Waals surface area contributed by atoms with Crippen LogP contribution in [0.25, 0.3) is 16.9 Å². The third-order valence-corrected chi connectivity index (χ3v) is 7.13. The molecule has 2 saturated heterocycles. The van der Waals surface area contributed by atoms with Gasteiger partial charge in [-0.1, -0.05) is 6.42 Å². The molecule has 9 heteroatoms. The SMILES string of the molecule is Cc1c(C)n2c3c(=O)n(CCN4CCCCC4)c(=O)n(C)c3nc2n1C[C@H]1CCCO1. The van der Waals surface area contributed by atoms with Crippen molar-refractivity contribution in [1.82, 2.24) is 28.0 Å². The molecule has 2 aliphatic rings. The summed E-state index contributed by atoms with van der Waals surface area (Å²) in [4.78, 5) is 33.6. The molecule has 0 bridgehead atoms. The van der Waals surface area contributed by atoms with Crippen molar-refractivity contribution in [3.05, 3.63) is 32.2 Å². The Morgan fingerprint density at radius 1 is 1.00 bits per heavy atom. The Morgan fingerprint density at radius 3 is 2.48 bits per heavy atom. The molecule has 1 atom stereocenters. The fourth-order valence-electron chi connectivity index (χ4n) is 5.15. The zero-order valence-corrected chi connectivity index (χ0v) is 18.8. The minimum absolute atomic E-state index is 0.166. The van der Waals surface area contributed by atoms with Gasteiger partial charge in [-0.2, -0.15) is 4.98 Å². The third kappa shape index (κ3) is 3.34. The minimum Gasteiger partial charge on any atom is -0.376 e. The van der Waals surface area contributed by atoms with Crippen LogP contribution in [0, 0.1) is 13.8 Å². The normalized spacial score (nSPS) is 20.4. The lowest BCUT2D eigenvalue weighted by atomic mass is 10.1.